The minimum absolute atomic E-state index is 0.463. The van der Waals surface area contributed by atoms with E-state index in [2.05, 4.69) is 66.5 Å². The average Bonchev–Trinajstić information content (AvgIpc) is 2.45. The Kier molecular flexibility index (Phi) is 5.36. The standard InChI is InChI=1S/C18H26N4/c1-12(2)11-19-17-10-18(21-14(5)20-17)22-16-9-7-6-8-15(16)13(3)4/h6-10,12-13H,11H2,1-5H3,(H2,19,20,21,22). The van der Waals surface area contributed by atoms with Crippen LogP contribution in [0.25, 0.3) is 0 Å². The van der Waals surface area contributed by atoms with Crippen LogP contribution in [0.1, 0.15) is 45.0 Å². The molecule has 0 spiro atoms. The Balaban J connectivity index is 2.23. The topological polar surface area (TPSA) is 49.8 Å². The van der Waals surface area contributed by atoms with Gasteiger partial charge in [0.1, 0.15) is 17.5 Å². The highest BCUT2D eigenvalue weighted by atomic mass is 15.1. The van der Waals surface area contributed by atoms with Crippen LogP contribution in [0.15, 0.2) is 30.3 Å². The van der Waals surface area contributed by atoms with E-state index in [0.717, 1.165) is 29.7 Å². The summed E-state index contributed by atoms with van der Waals surface area (Å²) in [6.07, 6.45) is 0. The second-order valence-corrected chi connectivity index (χ2v) is 6.33. The van der Waals surface area contributed by atoms with Crippen LogP contribution in [0, 0.1) is 12.8 Å². The summed E-state index contributed by atoms with van der Waals surface area (Å²) in [6.45, 7) is 11.6. The predicted octanol–water partition coefficient (Wildman–Crippen LogP) is 4.72. The lowest BCUT2D eigenvalue weighted by Gasteiger charge is -2.15. The quantitative estimate of drug-likeness (QED) is 0.810. The largest absolute Gasteiger partial charge is 0.370 e. The van der Waals surface area contributed by atoms with Crippen molar-refractivity contribution in [3.05, 3.63) is 41.7 Å². The number of para-hydroxylation sites is 1. The molecule has 0 aliphatic rings. The minimum Gasteiger partial charge on any atom is -0.370 e. The van der Waals surface area contributed by atoms with Crippen molar-refractivity contribution in [2.24, 2.45) is 5.92 Å². The zero-order valence-electron chi connectivity index (χ0n) is 14.1. The number of nitrogens with zero attached hydrogens (tertiary/aromatic N) is 2. The first-order chi connectivity index (χ1) is 10.5. The number of hydrogen-bond acceptors (Lipinski definition) is 4. The molecule has 0 saturated carbocycles. The van der Waals surface area contributed by atoms with E-state index in [9.17, 15) is 0 Å². The molecule has 118 valence electrons. The summed E-state index contributed by atoms with van der Waals surface area (Å²) < 4.78 is 0. The molecule has 0 unspecified atom stereocenters. The number of aromatic nitrogens is 2. The number of anilines is 3. The fourth-order valence-electron chi connectivity index (χ4n) is 2.28. The molecule has 0 aliphatic heterocycles. The van der Waals surface area contributed by atoms with Crippen LogP contribution >= 0.6 is 0 Å². The van der Waals surface area contributed by atoms with Gasteiger partial charge in [-0.2, -0.15) is 0 Å². The fraction of sp³-hybridized carbons (Fsp3) is 0.444. The van der Waals surface area contributed by atoms with Gasteiger partial charge in [-0.25, -0.2) is 9.97 Å². The van der Waals surface area contributed by atoms with Gasteiger partial charge in [-0.1, -0.05) is 45.9 Å². The van der Waals surface area contributed by atoms with Gasteiger partial charge in [-0.3, -0.25) is 0 Å². The summed E-state index contributed by atoms with van der Waals surface area (Å²) in [4.78, 5) is 8.94. The molecule has 2 aromatic rings. The van der Waals surface area contributed by atoms with Gasteiger partial charge >= 0.3 is 0 Å². The second kappa shape index (κ2) is 7.25. The summed E-state index contributed by atoms with van der Waals surface area (Å²) >= 11 is 0. The highest BCUT2D eigenvalue weighted by molar-refractivity contribution is 5.63. The van der Waals surface area contributed by atoms with E-state index in [-0.39, 0.29) is 0 Å². The van der Waals surface area contributed by atoms with Crippen molar-refractivity contribution >= 4 is 17.3 Å². The molecule has 4 nitrogen and oxygen atoms in total. The fourth-order valence-corrected chi connectivity index (χ4v) is 2.28. The number of hydrogen-bond donors (Lipinski definition) is 2. The molecule has 0 radical (unpaired) electrons. The molecule has 2 N–H and O–H groups in total. The molecule has 0 amide bonds. The van der Waals surface area contributed by atoms with Crippen LogP contribution in [-0.2, 0) is 0 Å². The highest BCUT2D eigenvalue weighted by Gasteiger charge is 2.08. The molecule has 1 aromatic carbocycles. The molecule has 22 heavy (non-hydrogen) atoms. The first kappa shape index (κ1) is 16.3. The summed E-state index contributed by atoms with van der Waals surface area (Å²) in [5.41, 5.74) is 2.39. The van der Waals surface area contributed by atoms with Crippen molar-refractivity contribution in [1.29, 1.82) is 0 Å². The number of rotatable bonds is 6. The van der Waals surface area contributed by atoms with Crippen molar-refractivity contribution in [1.82, 2.24) is 9.97 Å². The van der Waals surface area contributed by atoms with Gasteiger partial charge in [-0.05, 0) is 30.4 Å². The van der Waals surface area contributed by atoms with Gasteiger partial charge in [-0.15, -0.1) is 0 Å². The molecule has 1 heterocycles. The van der Waals surface area contributed by atoms with E-state index < -0.39 is 0 Å². The number of benzene rings is 1. The Morgan fingerprint density at radius 1 is 1.00 bits per heavy atom. The molecule has 0 fully saturated rings. The Morgan fingerprint density at radius 2 is 1.68 bits per heavy atom. The van der Waals surface area contributed by atoms with Crippen molar-refractivity contribution in [3.63, 3.8) is 0 Å². The van der Waals surface area contributed by atoms with E-state index in [1.807, 2.05) is 19.1 Å². The van der Waals surface area contributed by atoms with Crippen LogP contribution in [0.5, 0.6) is 0 Å². The maximum absolute atomic E-state index is 4.49. The monoisotopic (exact) mass is 298 g/mol. The summed E-state index contributed by atoms with van der Waals surface area (Å²) in [6, 6.07) is 10.3. The average molecular weight is 298 g/mol. The highest BCUT2D eigenvalue weighted by Crippen LogP contribution is 2.26. The predicted molar refractivity (Wildman–Crippen MR) is 93.9 cm³/mol. The van der Waals surface area contributed by atoms with E-state index >= 15 is 0 Å². The first-order valence-corrected chi connectivity index (χ1v) is 7.91. The Morgan fingerprint density at radius 3 is 2.36 bits per heavy atom. The van der Waals surface area contributed by atoms with Crippen LogP contribution in [0.4, 0.5) is 17.3 Å². The second-order valence-electron chi connectivity index (χ2n) is 6.33. The molecule has 4 heteroatoms. The molecular formula is C18H26N4. The van der Waals surface area contributed by atoms with Crippen LogP contribution < -0.4 is 10.6 Å². The summed E-state index contributed by atoms with van der Waals surface area (Å²) in [7, 11) is 0. The third kappa shape index (κ3) is 4.45. The lowest BCUT2D eigenvalue weighted by Crippen LogP contribution is -2.10. The van der Waals surface area contributed by atoms with Gasteiger partial charge in [0.05, 0.1) is 0 Å². The molecule has 0 bridgehead atoms. The molecule has 0 atom stereocenters. The molecule has 1 aromatic heterocycles. The zero-order chi connectivity index (χ0) is 16.1. The van der Waals surface area contributed by atoms with E-state index in [1.165, 1.54) is 5.56 Å². The van der Waals surface area contributed by atoms with Gasteiger partial charge in [0, 0.05) is 18.3 Å². The summed E-state index contributed by atoms with van der Waals surface area (Å²) in [5.74, 6) is 3.49. The van der Waals surface area contributed by atoms with Gasteiger partial charge in [0.25, 0.3) is 0 Å². The normalized spacial score (nSPS) is 11.0. The van der Waals surface area contributed by atoms with Crippen molar-refractivity contribution in [3.8, 4) is 0 Å². The van der Waals surface area contributed by atoms with Gasteiger partial charge < -0.3 is 10.6 Å². The Bertz CT molecular complexity index is 620. The van der Waals surface area contributed by atoms with E-state index in [1.54, 1.807) is 0 Å². The first-order valence-electron chi connectivity index (χ1n) is 7.91. The van der Waals surface area contributed by atoms with Crippen LogP contribution in [0.3, 0.4) is 0 Å². The van der Waals surface area contributed by atoms with Crippen LogP contribution in [-0.4, -0.2) is 16.5 Å². The maximum atomic E-state index is 4.49. The van der Waals surface area contributed by atoms with Crippen LogP contribution in [0.2, 0.25) is 0 Å². The lowest BCUT2D eigenvalue weighted by molar-refractivity contribution is 0.686. The van der Waals surface area contributed by atoms with Gasteiger partial charge in [0.15, 0.2) is 0 Å². The number of nitrogens with one attached hydrogen (secondary N) is 2. The Labute approximate surface area is 133 Å². The van der Waals surface area contributed by atoms with E-state index in [4.69, 9.17) is 0 Å². The summed E-state index contributed by atoms with van der Waals surface area (Å²) in [5, 5.41) is 6.79. The molecule has 0 aliphatic carbocycles. The smallest absolute Gasteiger partial charge is 0.136 e. The lowest BCUT2D eigenvalue weighted by atomic mass is 10.0. The third-order valence-corrected chi connectivity index (χ3v) is 3.37. The SMILES string of the molecule is Cc1nc(NCC(C)C)cc(Nc2ccccc2C(C)C)n1. The van der Waals surface area contributed by atoms with E-state index in [0.29, 0.717) is 11.8 Å². The van der Waals surface area contributed by atoms with Crippen molar-refractivity contribution in [2.45, 2.75) is 40.5 Å². The molecule has 2 rings (SSSR count). The van der Waals surface area contributed by atoms with Crippen molar-refractivity contribution in [2.75, 3.05) is 17.2 Å². The zero-order valence-corrected chi connectivity index (χ0v) is 14.1. The van der Waals surface area contributed by atoms with Gasteiger partial charge in [0.2, 0.25) is 0 Å². The van der Waals surface area contributed by atoms with Crippen molar-refractivity contribution < 1.29 is 0 Å². The molecular weight excluding hydrogens is 272 g/mol. The maximum Gasteiger partial charge on any atom is 0.136 e. The minimum atomic E-state index is 0.463. The third-order valence-electron chi connectivity index (χ3n) is 3.37. The molecule has 0 saturated heterocycles. The number of aryl methyl sites for hydroxylation is 1. The Hall–Kier alpha value is -2.10.